The number of rotatable bonds is 2. The first kappa shape index (κ1) is 11.4. The van der Waals surface area contributed by atoms with E-state index in [0.29, 0.717) is 0 Å². The SMILES string of the molecule is c1cc2c(c(Nc3nccn4cnnc34)c1)CCNC2. The number of aromatic nitrogens is 4. The Hall–Kier alpha value is -2.47. The summed E-state index contributed by atoms with van der Waals surface area (Å²) in [5.74, 6) is 0.733. The van der Waals surface area contributed by atoms with Gasteiger partial charge in [0.25, 0.3) is 0 Å². The number of hydrogen-bond donors (Lipinski definition) is 2. The molecule has 0 radical (unpaired) electrons. The van der Waals surface area contributed by atoms with Gasteiger partial charge in [-0.15, -0.1) is 10.2 Å². The number of anilines is 2. The Balaban J connectivity index is 1.78. The van der Waals surface area contributed by atoms with E-state index in [-0.39, 0.29) is 0 Å². The predicted octanol–water partition coefficient (Wildman–Crippen LogP) is 1.51. The molecule has 2 aromatic heterocycles. The van der Waals surface area contributed by atoms with Crippen molar-refractivity contribution in [3.63, 3.8) is 0 Å². The number of benzene rings is 1. The molecule has 0 unspecified atom stereocenters. The van der Waals surface area contributed by atoms with Crippen LogP contribution < -0.4 is 10.6 Å². The van der Waals surface area contributed by atoms with E-state index < -0.39 is 0 Å². The van der Waals surface area contributed by atoms with Gasteiger partial charge in [0.1, 0.15) is 6.33 Å². The van der Waals surface area contributed by atoms with Gasteiger partial charge in [-0.1, -0.05) is 12.1 Å². The third-order valence-corrected chi connectivity index (χ3v) is 3.61. The molecule has 1 aliphatic heterocycles. The van der Waals surface area contributed by atoms with Crippen LogP contribution in [0.25, 0.3) is 5.65 Å². The monoisotopic (exact) mass is 266 g/mol. The molecule has 0 spiro atoms. The molecular weight excluding hydrogens is 252 g/mol. The van der Waals surface area contributed by atoms with E-state index >= 15 is 0 Å². The lowest BCUT2D eigenvalue weighted by molar-refractivity contribution is 0.645. The van der Waals surface area contributed by atoms with Crippen molar-refractivity contribution in [2.45, 2.75) is 13.0 Å². The van der Waals surface area contributed by atoms with Crippen LogP contribution in [0.3, 0.4) is 0 Å². The fraction of sp³-hybridized carbons (Fsp3) is 0.214. The van der Waals surface area contributed by atoms with Crippen LogP contribution in [0.1, 0.15) is 11.1 Å². The first-order chi connectivity index (χ1) is 9.92. The first-order valence-electron chi connectivity index (χ1n) is 6.65. The molecule has 0 aliphatic carbocycles. The molecule has 20 heavy (non-hydrogen) atoms. The Bertz CT molecular complexity index is 763. The highest BCUT2D eigenvalue weighted by molar-refractivity contribution is 5.71. The lowest BCUT2D eigenvalue weighted by Gasteiger charge is -2.20. The molecule has 3 aromatic rings. The zero-order chi connectivity index (χ0) is 13.4. The Morgan fingerprint density at radius 2 is 2.30 bits per heavy atom. The summed E-state index contributed by atoms with van der Waals surface area (Å²) in [6, 6.07) is 6.32. The molecule has 6 heteroatoms. The molecule has 1 aliphatic rings. The van der Waals surface area contributed by atoms with E-state index in [4.69, 9.17) is 0 Å². The molecule has 0 bridgehead atoms. The molecule has 1 aromatic carbocycles. The van der Waals surface area contributed by atoms with E-state index in [0.717, 1.165) is 36.7 Å². The molecule has 100 valence electrons. The smallest absolute Gasteiger partial charge is 0.203 e. The maximum absolute atomic E-state index is 4.37. The summed E-state index contributed by atoms with van der Waals surface area (Å²) in [5.41, 5.74) is 4.54. The second-order valence-corrected chi connectivity index (χ2v) is 4.83. The highest BCUT2D eigenvalue weighted by Crippen LogP contribution is 2.26. The third-order valence-electron chi connectivity index (χ3n) is 3.61. The fourth-order valence-electron chi connectivity index (χ4n) is 2.62. The van der Waals surface area contributed by atoms with Crippen molar-refractivity contribution in [3.05, 3.63) is 48.0 Å². The van der Waals surface area contributed by atoms with E-state index in [1.165, 1.54) is 11.1 Å². The van der Waals surface area contributed by atoms with Crippen molar-refractivity contribution >= 4 is 17.2 Å². The van der Waals surface area contributed by atoms with Gasteiger partial charge in [0.05, 0.1) is 0 Å². The second-order valence-electron chi connectivity index (χ2n) is 4.83. The van der Waals surface area contributed by atoms with Gasteiger partial charge < -0.3 is 10.6 Å². The number of fused-ring (bicyclic) bond motifs is 2. The van der Waals surface area contributed by atoms with Gasteiger partial charge in [0, 0.05) is 24.6 Å². The third kappa shape index (κ3) is 1.81. The zero-order valence-corrected chi connectivity index (χ0v) is 10.9. The molecular formula is C14H14N6. The molecule has 0 amide bonds. The first-order valence-corrected chi connectivity index (χ1v) is 6.65. The summed E-state index contributed by atoms with van der Waals surface area (Å²) in [7, 11) is 0. The van der Waals surface area contributed by atoms with E-state index in [9.17, 15) is 0 Å². The normalized spacial score (nSPS) is 14.2. The maximum Gasteiger partial charge on any atom is 0.203 e. The molecule has 0 fully saturated rings. The fourth-order valence-corrected chi connectivity index (χ4v) is 2.62. The van der Waals surface area contributed by atoms with Gasteiger partial charge in [0.15, 0.2) is 5.82 Å². The van der Waals surface area contributed by atoms with Crippen LogP contribution in [0.2, 0.25) is 0 Å². The second kappa shape index (κ2) is 4.57. The number of nitrogens with zero attached hydrogens (tertiary/aromatic N) is 4. The van der Waals surface area contributed by atoms with Crippen molar-refractivity contribution in [1.29, 1.82) is 0 Å². The summed E-state index contributed by atoms with van der Waals surface area (Å²) in [6.45, 7) is 1.93. The van der Waals surface area contributed by atoms with Crippen LogP contribution in [-0.4, -0.2) is 26.1 Å². The molecule has 0 saturated carbocycles. The maximum atomic E-state index is 4.37. The highest BCUT2D eigenvalue weighted by Gasteiger charge is 2.14. The molecule has 4 rings (SSSR count). The van der Waals surface area contributed by atoms with Crippen LogP contribution in [-0.2, 0) is 13.0 Å². The number of hydrogen-bond acceptors (Lipinski definition) is 5. The molecule has 3 heterocycles. The van der Waals surface area contributed by atoms with Crippen LogP contribution >= 0.6 is 0 Å². The van der Waals surface area contributed by atoms with Gasteiger partial charge in [0.2, 0.25) is 5.65 Å². The topological polar surface area (TPSA) is 67.1 Å². The summed E-state index contributed by atoms with van der Waals surface area (Å²) < 4.78 is 1.85. The van der Waals surface area contributed by atoms with E-state index in [2.05, 4.69) is 44.0 Å². The average Bonchev–Trinajstić information content (AvgIpc) is 2.97. The highest BCUT2D eigenvalue weighted by atomic mass is 15.2. The Morgan fingerprint density at radius 1 is 1.30 bits per heavy atom. The van der Waals surface area contributed by atoms with Crippen LogP contribution in [0, 0.1) is 0 Å². The summed E-state index contributed by atoms with van der Waals surface area (Å²) in [5, 5.41) is 14.8. The van der Waals surface area contributed by atoms with Crippen LogP contribution in [0.15, 0.2) is 36.9 Å². The van der Waals surface area contributed by atoms with E-state index in [1.54, 1.807) is 12.5 Å². The Labute approximate surface area is 115 Å². The Kier molecular flexibility index (Phi) is 2.60. The van der Waals surface area contributed by atoms with Gasteiger partial charge in [-0.3, -0.25) is 4.40 Å². The predicted molar refractivity (Wildman–Crippen MR) is 75.9 cm³/mol. The quantitative estimate of drug-likeness (QED) is 0.736. The molecule has 0 saturated heterocycles. The minimum absolute atomic E-state index is 0.733. The minimum atomic E-state index is 0.733. The van der Waals surface area contributed by atoms with Gasteiger partial charge in [-0.05, 0) is 30.2 Å². The largest absolute Gasteiger partial charge is 0.337 e. The summed E-state index contributed by atoms with van der Waals surface area (Å²) >= 11 is 0. The average molecular weight is 266 g/mol. The van der Waals surface area contributed by atoms with Crippen molar-refractivity contribution in [2.75, 3.05) is 11.9 Å². The summed E-state index contributed by atoms with van der Waals surface area (Å²) in [4.78, 5) is 4.37. The van der Waals surface area contributed by atoms with Crippen molar-refractivity contribution in [2.24, 2.45) is 0 Å². The lowest BCUT2D eigenvalue weighted by atomic mass is 9.99. The zero-order valence-electron chi connectivity index (χ0n) is 10.9. The van der Waals surface area contributed by atoms with Gasteiger partial charge in [-0.25, -0.2) is 4.98 Å². The van der Waals surface area contributed by atoms with Crippen molar-refractivity contribution in [1.82, 2.24) is 24.9 Å². The number of nitrogens with one attached hydrogen (secondary N) is 2. The van der Waals surface area contributed by atoms with Crippen molar-refractivity contribution in [3.8, 4) is 0 Å². The molecule has 0 atom stereocenters. The van der Waals surface area contributed by atoms with E-state index in [1.807, 2.05) is 10.6 Å². The van der Waals surface area contributed by atoms with Gasteiger partial charge in [-0.2, -0.15) is 0 Å². The lowest BCUT2D eigenvalue weighted by Crippen LogP contribution is -2.24. The van der Waals surface area contributed by atoms with Crippen LogP contribution in [0.4, 0.5) is 11.5 Å². The van der Waals surface area contributed by atoms with Gasteiger partial charge >= 0.3 is 0 Å². The molecule has 2 N–H and O–H groups in total. The standard InChI is InChI=1S/C14H14N6/c1-2-10-8-15-5-4-11(10)12(3-1)18-13-14-19-17-9-20(14)7-6-16-13/h1-3,6-7,9,15H,4-5,8H2,(H,16,18). The van der Waals surface area contributed by atoms with Crippen LogP contribution in [0.5, 0.6) is 0 Å². The van der Waals surface area contributed by atoms with Crippen molar-refractivity contribution < 1.29 is 0 Å². The summed E-state index contributed by atoms with van der Waals surface area (Å²) in [6.07, 6.45) is 6.28. The minimum Gasteiger partial charge on any atom is -0.337 e. The Morgan fingerprint density at radius 3 is 3.30 bits per heavy atom. The molecule has 6 nitrogen and oxygen atoms in total.